The van der Waals surface area contributed by atoms with Crippen molar-refractivity contribution in [1.82, 2.24) is 0 Å². The molecule has 0 aliphatic heterocycles. The molecule has 0 atom stereocenters. The first-order valence-corrected chi connectivity index (χ1v) is 42.8. The Balaban J connectivity index is 0.000000105. The second kappa shape index (κ2) is 29.1. The molecule has 0 unspecified atom stereocenters. The van der Waals surface area contributed by atoms with Gasteiger partial charge in [-0.05, 0) is 229 Å². The zero-order valence-corrected chi connectivity index (χ0v) is 69.1. The van der Waals surface area contributed by atoms with Crippen LogP contribution in [0, 0.1) is 6.92 Å². The van der Waals surface area contributed by atoms with E-state index in [1.54, 1.807) is 0 Å². The summed E-state index contributed by atoms with van der Waals surface area (Å²) in [7, 11) is 0. The van der Waals surface area contributed by atoms with Crippen molar-refractivity contribution >= 4 is 163 Å². The van der Waals surface area contributed by atoms with E-state index in [0.29, 0.717) is 0 Å². The maximum atomic E-state index is 6.68. The topological polar surface area (TPSA) is 78.8 Å². The Morgan fingerprint density at radius 1 is 0.168 bits per heavy atom. The average molecular weight is 1600 g/mol. The summed E-state index contributed by atoms with van der Waals surface area (Å²) >= 11 is 0. The van der Waals surface area contributed by atoms with Crippen LogP contribution < -0.4 is 0 Å². The number of rotatable bonds is 8. The van der Waals surface area contributed by atoms with Crippen molar-refractivity contribution in [2.24, 2.45) is 0 Å². The van der Waals surface area contributed by atoms with Crippen LogP contribution in [0.1, 0.15) is 31.9 Å². The van der Waals surface area contributed by atoms with E-state index in [-0.39, 0.29) is 5.41 Å². The molecule has 0 fully saturated rings. The molecule has 0 saturated heterocycles. The lowest BCUT2D eigenvalue weighted by molar-refractivity contribution is 0.591. The van der Waals surface area contributed by atoms with Crippen molar-refractivity contribution in [3.8, 4) is 90.2 Å². The quantitative estimate of drug-likeness (QED) is 0.141. The van der Waals surface area contributed by atoms with E-state index in [1.165, 1.54) is 81.9 Å². The first kappa shape index (κ1) is 72.9. The largest absolute Gasteiger partial charge is 0.456 e. The van der Waals surface area contributed by atoms with E-state index in [4.69, 9.17) is 26.5 Å². The number of hydrogen-bond acceptors (Lipinski definition) is 6. The number of para-hydroxylation sites is 6. The Morgan fingerprint density at radius 2 is 0.424 bits per heavy atom. The fourth-order valence-electron chi connectivity index (χ4n) is 19.7. The van der Waals surface area contributed by atoms with Gasteiger partial charge in [-0.25, -0.2) is 0 Å². The minimum atomic E-state index is -0.00277. The molecule has 6 aromatic heterocycles. The van der Waals surface area contributed by atoms with Crippen LogP contribution in [0.2, 0.25) is 0 Å². The van der Waals surface area contributed by atoms with Gasteiger partial charge in [0, 0.05) is 76.5 Å². The van der Waals surface area contributed by atoms with Crippen LogP contribution in [-0.4, -0.2) is 0 Å². The van der Waals surface area contributed by atoms with Crippen LogP contribution in [0.3, 0.4) is 0 Å². The van der Waals surface area contributed by atoms with E-state index in [9.17, 15) is 0 Å². The predicted octanol–water partition coefficient (Wildman–Crippen LogP) is 34.9. The Labute approximate surface area is 719 Å². The van der Waals surface area contributed by atoms with Gasteiger partial charge in [0.05, 0.1) is 0 Å². The normalized spacial score (nSPS) is 12.0. The molecule has 0 radical (unpaired) electrons. The second-order valence-electron chi connectivity index (χ2n) is 33.9. The predicted molar refractivity (Wildman–Crippen MR) is 522 cm³/mol. The summed E-state index contributed by atoms with van der Waals surface area (Å²) in [6.45, 7) is 9.06. The lowest BCUT2D eigenvalue weighted by Crippen LogP contribution is -2.10. The highest BCUT2D eigenvalue weighted by molar-refractivity contribution is 6.32. The molecule has 590 valence electrons. The molecule has 26 aromatic rings. The maximum absolute atomic E-state index is 6.68. The molecular weight excluding hydrogens is 1530 g/mol. The van der Waals surface area contributed by atoms with Gasteiger partial charge in [-0.15, -0.1) is 0 Å². The number of furan rings is 6. The molecule has 0 aliphatic carbocycles. The zero-order chi connectivity index (χ0) is 83.1. The number of hydrogen-bond donors (Lipinski definition) is 0. The highest BCUT2D eigenvalue weighted by Crippen LogP contribution is 2.56. The second-order valence-corrected chi connectivity index (χ2v) is 33.9. The van der Waals surface area contributed by atoms with Gasteiger partial charge < -0.3 is 26.5 Å². The number of fused-ring (bicyclic) bond motifs is 15. The van der Waals surface area contributed by atoms with Gasteiger partial charge in [0.25, 0.3) is 0 Å². The molecule has 0 N–H and O–H groups in total. The van der Waals surface area contributed by atoms with Gasteiger partial charge in [-0.3, -0.25) is 0 Å². The lowest BCUT2D eigenvalue weighted by Gasteiger charge is -2.22. The lowest BCUT2D eigenvalue weighted by atomic mass is 9.81. The van der Waals surface area contributed by atoms with E-state index in [0.717, 1.165) is 182 Å². The number of aryl methyl sites for hydroxylation is 1. The van der Waals surface area contributed by atoms with E-state index in [1.807, 2.05) is 72.8 Å². The molecule has 6 heterocycles. The summed E-state index contributed by atoms with van der Waals surface area (Å²) < 4.78 is 39.7. The zero-order valence-electron chi connectivity index (χ0n) is 69.1. The summed E-state index contributed by atoms with van der Waals surface area (Å²) in [4.78, 5) is 0. The Hall–Kier alpha value is -16.0. The molecule has 20 aromatic carbocycles. The van der Waals surface area contributed by atoms with Crippen LogP contribution >= 0.6 is 0 Å². The standard InChI is InChI=1S/C41H26O2.C40H24O2.C38H28O2/c1-25-29-17-7-8-18-30(29)38(26-13-3-2-4-14-26)41-37(25)39(35-23-27-15-5-11-21-33(27)42-35)31-19-9-10-20-32(31)40(41)36-24-28-16-6-12-22-34(28)43-36;1-2-12-25(13-3-1)37-29-17-7-4-14-26(29)22-32-38(35-23-27-15-5-10-20-33(27)41-35)30-18-8-9-19-31(30)39(40(32)37)36-24-28-16-6-11-21-34(28)42-36;1-38(2,3)27-16-17-28-31(22-27)37(35-21-26-13-7-9-15-33(26)40-35)30-19-24-11-5-4-10-23(24)18-29(30)36(28)34-20-25-12-6-8-14-32(25)39-34/h2-24H,1H3;1-24H;4-22H,1-3H3. The number of benzene rings is 20. The van der Waals surface area contributed by atoms with Crippen molar-refractivity contribution in [3.05, 3.63) is 412 Å². The molecule has 0 spiro atoms. The molecule has 6 heteroatoms. The summed E-state index contributed by atoms with van der Waals surface area (Å²) in [5.41, 5.74) is 19.2. The smallest absolute Gasteiger partial charge is 0.136 e. The van der Waals surface area contributed by atoms with Crippen LogP contribution in [-0.2, 0) is 5.41 Å². The molecule has 6 nitrogen and oxygen atoms in total. The highest BCUT2D eigenvalue weighted by Gasteiger charge is 2.31. The van der Waals surface area contributed by atoms with E-state index in [2.05, 4.69) is 355 Å². The van der Waals surface area contributed by atoms with Crippen LogP contribution in [0.15, 0.2) is 427 Å². The third-order valence-electron chi connectivity index (χ3n) is 25.5. The fraction of sp³-hybridized carbons (Fsp3) is 0.0420. The van der Waals surface area contributed by atoms with Crippen molar-refractivity contribution in [2.75, 3.05) is 0 Å². The molecular formula is C119H78O6. The minimum absolute atomic E-state index is 0.00277. The van der Waals surface area contributed by atoms with E-state index < -0.39 is 0 Å². The third kappa shape index (κ3) is 12.1. The minimum Gasteiger partial charge on any atom is -0.456 e. The summed E-state index contributed by atoms with van der Waals surface area (Å²) in [6.07, 6.45) is 0. The fourth-order valence-corrected chi connectivity index (χ4v) is 19.7. The van der Waals surface area contributed by atoms with Crippen LogP contribution in [0.25, 0.3) is 253 Å². The van der Waals surface area contributed by atoms with Crippen molar-refractivity contribution in [2.45, 2.75) is 33.1 Å². The molecule has 0 saturated carbocycles. The summed E-state index contributed by atoms with van der Waals surface area (Å²) in [5, 5.41) is 27.7. The van der Waals surface area contributed by atoms with Crippen LogP contribution in [0.4, 0.5) is 0 Å². The Morgan fingerprint density at radius 3 is 0.808 bits per heavy atom. The molecule has 0 bridgehead atoms. The van der Waals surface area contributed by atoms with Crippen molar-refractivity contribution < 1.29 is 26.5 Å². The van der Waals surface area contributed by atoms with Gasteiger partial charge in [0.1, 0.15) is 68.1 Å². The summed E-state index contributed by atoms with van der Waals surface area (Å²) in [6, 6.07) is 141. The SMILES string of the molecule is CC(C)(C)c1ccc2c(-c3cc4ccccc4o3)c3cc4ccccc4cc3c(-c3cc4ccccc4o3)c2c1.Cc1c2ccccc2c(-c2ccccc2)c2c(-c3cc4ccccc4o3)c3ccccc3c(-c3cc4ccccc4o3)c12.c1ccc(-c2c3ccccc3cc3c(-c4cc5ccccc5o4)c4ccccc4c(-c4cc5ccccc5o4)c23)cc1. The molecule has 0 amide bonds. The van der Waals surface area contributed by atoms with E-state index >= 15 is 0 Å². The monoisotopic (exact) mass is 1600 g/mol. The molecule has 0 aliphatic rings. The first-order valence-electron chi connectivity index (χ1n) is 42.8. The first-order chi connectivity index (χ1) is 61.5. The van der Waals surface area contributed by atoms with Gasteiger partial charge in [-0.1, -0.05) is 324 Å². The van der Waals surface area contributed by atoms with Crippen molar-refractivity contribution in [3.63, 3.8) is 0 Å². The Kier molecular flexibility index (Phi) is 17.0. The van der Waals surface area contributed by atoms with Gasteiger partial charge >= 0.3 is 0 Å². The average Bonchev–Trinajstić information content (AvgIpc) is 1.68. The maximum Gasteiger partial charge on any atom is 0.136 e. The molecule has 26 rings (SSSR count). The molecule has 125 heavy (non-hydrogen) atoms. The van der Waals surface area contributed by atoms with Crippen molar-refractivity contribution in [1.29, 1.82) is 0 Å². The Bertz CT molecular complexity index is 8660. The third-order valence-corrected chi connectivity index (χ3v) is 25.5. The van der Waals surface area contributed by atoms with Gasteiger partial charge in [-0.2, -0.15) is 0 Å². The highest BCUT2D eigenvalue weighted by atomic mass is 16.4. The van der Waals surface area contributed by atoms with Crippen LogP contribution in [0.5, 0.6) is 0 Å². The van der Waals surface area contributed by atoms with Gasteiger partial charge in [0.15, 0.2) is 0 Å². The van der Waals surface area contributed by atoms with Gasteiger partial charge in [0.2, 0.25) is 0 Å². The summed E-state index contributed by atoms with van der Waals surface area (Å²) in [5.74, 6) is 5.23.